The molecule has 0 bridgehead atoms. The fourth-order valence-corrected chi connectivity index (χ4v) is 0.961. The highest BCUT2D eigenvalue weighted by molar-refractivity contribution is 5.33. The van der Waals surface area contributed by atoms with E-state index in [1.807, 2.05) is 6.92 Å². The maximum absolute atomic E-state index is 8.88. The Hall–Kier alpha value is -1.63. The molecular formula is C9H17N5O2. The molecule has 0 fully saturated rings. The number of nitrogens with zero attached hydrogens (tertiary/aromatic N) is 3. The lowest BCUT2D eigenvalue weighted by Gasteiger charge is -2.11. The molecule has 4 N–H and O–H groups in total. The fourth-order valence-electron chi connectivity index (χ4n) is 0.961. The summed E-state index contributed by atoms with van der Waals surface area (Å²) in [7, 11) is 0. The number of nitrogens with two attached hydrogens (primary N) is 1. The third-order valence-electron chi connectivity index (χ3n) is 1.72. The molecular weight excluding hydrogens is 210 g/mol. The Labute approximate surface area is 94.1 Å². The van der Waals surface area contributed by atoms with Crippen LogP contribution in [0.4, 0.5) is 11.9 Å². The zero-order valence-corrected chi connectivity index (χ0v) is 9.47. The van der Waals surface area contributed by atoms with Gasteiger partial charge in [-0.15, -0.1) is 0 Å². The minimum atomic E-state index is -0.152. The second kappa shape index (κ2) is 6.06. The highest BCUT2D eigenvalue weighted by Crippen LogP contribution is 2.09. The molecule has 1 unspecified atom stereocenters. The summed E-state index contributed by atoms with van der Waals surface area (Å²) in [6, 6.07) is 0.0443. The topological polar surface area (TPSA) is 106 Å². The summed E-state index contributed by atoms with van der Waals surface area (Å²) in [6.07, 6.45) is 0.862. The van der Waals surface area contributed by atoms with Crippen LogP contribution in [-0.4, -0.2) is 39.3 Å². The summed E-state index contributed by atoms with van der Waals surface area (Å²) in [5, 5.41) is 11.8. The van der Waals surface area contributed by atoms with E-state index in [0.717, 1.165) is 6.42 Å². The molecule has 1 heterocycles. The van der Waals surface area contributed by atoms with Crippen molar-refractivity contribution in [1.29, 1.82) is 0 Å². The number of aliphatic hydroxyl groups excluding tert-OH is 1. The molecule has 0 aromatic carbocycles. The van der Waals surface area contributed by atoms with Gasteiger partial charge >= 0.3 is 6.01 Å². The monoisotopic (exact) mass is 227 g/mol. The van der Waals surface area contributed by atoms with E-state index < -0.39 is 0 Å². The van der Waals surface area contributed by atoms with Crippen molar-refractivity contribution in [1.82, 2.24) is 15.0 Å². The van der Waals surface area contributed by atoms with Crippen LogP contribution in [0.2, 0.25) is 0 Å². The van der Waals surface area contributed by atoms with Crippen LogP contribution in [0, 0.1) is 0 Å². The first-order chi connectivity index (χ1) is 7.65. The molecule has 0 saturated carbocycles. The maximum atomic E-state index is 8.88. The first-order valence-corrected chi connectivity index (χ1v) is 5.17. The average Bonchev–Trinajstić information content (AvgIpc) is 2.25. The van der Waals surface area contributed by atoms with Crippen LogP contribution in [0.15, 0.2) is 0 Å². The van der Waals surface area contributed by atoms with Crippen molar-refractivity contribution >= 4 is 11.9 Å². The Morgan fingerprint density at radius 3 is 2.81 bits per heavy atom. The summed E-state index contributed by atoms with van der Waals surface area (Å²) in [5.74, 6) is 0.397. The van der Waals surface area contributed by atoms with Gasteiger partial charge in [-0.25, -0.2) is 0 Å². The number of aromatic nitrogens is 3. The lowest BCUT2D eigenvalue weighted by atomic mass is 10.4. The summed E-state index contributed by atoms with van der Waals surface area (Å²) >= 11 is 0. The summed E-state index contributed by atoms with van der Waals surface area (Å²) in [6.45, 7) is 4.29. The van der Waals surface area contributed by atoms with Crippen molar-refractivity contribution in [2.24, 2.45) is 0 Å². The highest BCUT2D eigenvalue weighted by Gasteiger charge is 2.07. The Bertz CT molecular complexity index is 334. The van der Waals surface area contributed by atoms with E-state index in [9.17, 15) is 0 Å². The van der Waals surface area contributed by atoms with E-state index in [0.29, 0.717) is 12.6 Å². The Balaban J connectivity index is 2.73. The Morgan fingerprint density at radius 1 is 1.44 bits per heavy atom. The summed E-state index contributed by atoms with van der Waals surface area (Å²) in [4.78, 5) is 11.7. The van der Waals surface area contributed by atoms with Crippen LogP contribution in [-0.2, 0) is 0 Å². The molecule has 0 aliphatic carbocycles. The van der Waals surface area contributed by atoms with Gasteiger partial charge < -0.3 is 20.9 Å². The van der Waals surface area contributed by atoms with E-state index in [1.54, 1.807) is 6.92 Å². The van der Waals surface area contributed by atoms with Crippen LogP contribution >= 0.6 is 0 Å². The first-order valence-electron chi connectivity index (χ1n) is 5.17. The third kappa shape index (κ3) is 3.85. The first kappa shape index (κ1) is 12.4. The smallest absolute Gasteiger partial charge is 0.323 e. The second-order valence-corrected chi connectivity index (χ2v) is 3.38. The van der Waals surface area contributed by atoms with Gasteiger partial charge in [0.15, 0.2) is 0 Å². The van der Waals surface area contributed by atoms with Gasteiger partial charge in [-0.1, -0.05) is 6.92 Å². The Morgan fingerprint density at radius 2 is 2.19 bits per heavy atom. The number of hydrogen-bond donors (Lipinski definition) is 3. The molecule has 7 nitrogen and oxygen atoms in total. The molecule has 0 aliphatic heterocycles. The number of nitrogen functional groups attached to an aromatic ring is 1. The fraction of sp³-hybridized carbons (Fsp3) is 0.667. The largest absolute Gasteiger partial charge is 0.463 e. The highest BCUT2D eigenvalue weighted by atomic mass is 16.5. The normalized spacial score (nSPS) is 12.2. The molecule has 1 aromatic rings. The SMILES string of the molecule is CCCOc1nc(N)nc(NC(C)CO)n1. The lowest BCUT2D eigenvalue weighted by Crippen LogP contribution is -2.21. The Kier molecular flexibility index (Phi) is 4.71. The third-order valence-corrected chi connectivity index (χ3v) is 1.72. The number of hydrogen-bond acceptors (Lipinski definition) is 7. The van der Waals surface area contributed by atoms with Crippen molar-refractivity contribution in [2.45, 2.75) is 26.3 Å². The lowest BCUT2D eigenvalue weighted by molar-refractivity contribution is 0.279. The van der Waals surface area contributed by atoms with Gasteiger partial charge in [-0.3, -0.25) is 0 Å². The van der Waals surface area contributed by atoms with E-state index in [1.165, 1.54) is 0 Å². The van der Waals surface area contributed by atoms with Crippen LogP contribution in [0.1, 0.15) is 20.3 Å². The maximum Gasteiger partial charge on any atom is 0.323 e. The van der Waals surface area contributed by atoms with Gasteiger partial charge in [0, 0.05) is 6.04 Å². The van der Waals surface area contributed by atoms with Gasteiger partial charge in [-0.2, -0.15) is 15.0 Å². The quantitative estimate of drug-likeness (QED) is 0.629. The molecule has 0 radical (unpaired) electrons. The van der Waals surface area contributed by atoms with Crippen molar-refractivity contribution in [3.8, 4) is 6.01 Å². The van der Waals surface area contributed by atoms with E-state index in [-0.39, 0.29) is 24.6 Å². The molecule has 16 heavy (non-hydrogen) atoms. The van der Waals surface area contributed by atoms with Gasteiger partial charge in [0.25, 0.3) is 0 Å². The number of aliphatic hydroxyl groups is 1. The molecule has 1 atom stereocenters. The van der Waals surface area contributed by atoms with Gasteiger partial charge in [0.05, 0.1) is 13.2 Å². The van der Waals surface area contributed by atoms with Gasteiger partial charge in [-0.05, 0) is 13.3 Å². The van der Waals surface area contributed by atoms with E-state index >= 15 is 0 Å². The average molecular weight is 227 g/mol. The molecule has 90 valence electrons. The van der Waals surface area contributed by atoms with Crippen molar-refractivity contribution in [3.05, 3.63) is 0 Å². The van der Waals surface area contributed by atoms with Gasteiger partial charge in [0.2, 0.25) is 11.9 Å². The van der Waals surface area contributed by atoms with E-state index in [4.69, 9.17) is 15.6 Å². The van der Waals surface area contributed by atoms with E-state index in [2.05, 4.69) is 20.3 Å². The number of ether oxygens (including phenoxy) is 1. The van der Waals surface area contributed by atoms with Crippen LogP contribution in [0.3, 0.4) is 0 Å². The molecule has 0 aliphatic rings. The molecule has 0 spiro atoms. The second-order valence-electron chi connectivity index (χ2n) is 3.38. The molecule has 1 rings (SSSR count). The minimum Gasteiger partial charge on any atom is -0.463 e. The number of anilines is 2. The zero-order chi connectivity index (χ0) is 12.0. The van der Waals surface area contributed by atoms with Crippen molar-refractivity contribution < 1.29 is 9.84 Å². The summed E-state index contributed by atoms with van der Waals surface area (Å²) in [5.41, 5.74) is 5.50. The summed E-state index contributed by atoms with van der Waals surface area (Å²) < 4.78 is 5.25. The zero-order valence-electron chi connectivity index (χ0n) is 9.47. The van der Waals surface area contributed by atoms with Crippen molar-refractivity contribution in [3.63, 3.8) is 0 Å². The van der Waals surface area contributed by atoms with Gasteiger partial charge in [0.1, 0.15) is 0 Å². The predicted molar refractivity (Wildman–Crippen MR) is 60.2 cm³/mol. The predicted octanol–water partition coefficient (Wildman–Crippen LogP) is 0.0353. The molecule has 1 aromatic heterocycles. The molecule has 0 saturated heterocycles. The molecule has 0 amide bonds. The number of rotatable bonds is 6. The van der Waals surface area contributed by atoms with Crippen LogP contribution < -0.4 is 15.8 Å². The molecule has 7 heteroatoms. The van der Waals surface area contributed by atoms with Crippen LogP contribution in [0.25, 0.3) is 0 Å². The number of nitrogens with one attached hydrogen (secondary N) is 1. The minimum absolute atomic E-state index is 0.0171. The van der Waals surface area contributed by atoms with Crippen LogP contribution in [0.5, 0.6) is 6.01 Å². The van der Waals surface area contributed by atoms with Crippen molar-refractivity contribution in [2.75, 3.05) is 24.3 Å². The standard InChI is InChI=1S/C9H17N5O2/c1-3-4-16-9-13-7(10)12-8(14-9)11-6(2)5-15/h6,15H,3-5H2,1-2H3,(H3,10,11,12,13,14).